The molecule has 0 amide bonds. The summed E-state index contributed by atoms with van der Waals surface area (Å²) in [6.45, 7) is 3.82. The number of hydrogen-bond acceptors (Lipinski definition) is 5. The summed E-state index contributed by atoms with van der Waals surface area (Å²) in [5, 5.41) is 0. The maximum Gasteiger partial charge on any atom is 0.231 e. The molecule has 2 rings (SSSR count). The number of ether oxygens (including phenoxy) is 2. The monoisotopic (exact) mass is 271 g/mol. The van der Waals surface area contributed by atoms with Gasteiger partial charge < -0.3 is 15.2 Å². The van der Waals surface area contributed by atoms with Gasteiger partial charge in [0.2, 0.25) is 6.79 Å². The van der Waals surface area contributed by atoms with Crippen molar-refractivity contribution in [3.05, 3.63) is 17.7 Å². The quantitative estimate of drug-likeness (QED) is 0.890. The van der Waals surface area contributed by atoms with Crippen LogP contribution in [0.4, 0.5) is 0 Å². The lowest BCUT2D eigenvalue weighted by molar-refractivity contribution is 0.174. The van der Waals surface area contributed by atoms with Crippen molar-refractivity contribution in [1.82, 2.24) is 0 Å². The third-order valence-electron chi connectivity index (χ3n) is 2.60. The van der Waals surface area contributed by atoms with Crippen molar-refractivity contribution in [3.8, 4) is 11.5 Å². The van der Waals surface area contributed by atoms with Crippen molar-refractivity contribution in [2.45, 2.75) is 30.7 Å². The zero-order valence-electron chi connectivity index (χ0n) is 10.7. The Bertz CT molecular complexity index is 572. The molecule has 0 bridgehead atoms. The summed E-state index contributed by atoms with van der Waals surface area (Å²) in [7, 11) is -3.32. The Labute approximate surface area is 107 Å². The summed E-state index contributed by atoms with van der Waals surface area (Å²) in [4.78, 5) is 0.255. The van der Waals surface area contributed by atoms with Crippen LogP contribution in [-0.2, 0) is 16.3 Å². The van der Waals surface area contributed by atoms with Gasteiger partial charge >= 0.3 is 0 Å². The van der Waals surface area contributed by atoms with Crippen LogP contribution in [0.3, 0.4) is 0 Å². The molecule has 1 aliphatic rings. The largest absolute Gasteiger partial charge is 0.454 e. The predicted molar refractivity (Wildman–Crippen MR) is 67.6 cm³/mol. The predicted octanol–water partition coefficient (Wildman–Crippen LogP) is 1.10. The van der Waals surface area contributed by atoms with Crippen molar-refractivity contribution in [2.24, 2.45) is 5.73 Å². The van der Waals surface area contributed by atoms with E-state index >= 15 is 0 Å². The van der Waals surface area contributed by atoms with Crippen molar-refractivity contribution in [1.29, 1.82) is 0 Å². The molecule has 0 spiro atoms. The lowest BCUT2D eigenvalue weighted by Gasteiger charge is -2.20. The first-order valence-electron chi connectivity index (χ1n) is 5.58. The molecule has 18 heavy (non-hydrogen) atoms. The molecule has 0 aromatic heterocycles. The highest BCUT2D eigenvalue weighted by atomic mass is 32.2. The van der Waals surface area contributed by atoms with E-state index in [4.69, 9.17) is 15.2 Å². The molecular weight excluding hydrogens is 254 g/mol. The summed E-state index contributed by atoms with van der Waals surface area (Å²) in [5.74, 6) is 1.04. The fourth-order valence-corrected chi connectivity index (χ4v) is 2.87. The maximum absolute atomic E-state index is 11.8. The van der Waals surface area contributed by atoms with E-state index in [-0.39, 0.29) is 11.7 Å². The zero-order chi connectivity index (χ0) is 13.6. The minimum Gasteiger partial charge on any atom is -0.454 e. The van der Waals surface area contributed by atoms with Crippen molar-refractivity contribution in [2.75, 3.05) is 13.0 Å². The van der Waals surface area contributed by atoms with E-state index in [1.807, 2.05) is 13.8 Å². The average molecular weight is 271 g/mol. The highest BCUT2D eigenvalue weighted by Gasteiger charge is 2.24. The van der Waals surface area contributed by atoms with Gasteiger partial charge in [-0.3, -0.25) is 0 Å². The Morgan fingerprint density at radius 1 is 1.28 bits per heavy atom. The number of fused-ring (bicyclic) bond motifs is 1. The molecule has 1 aromatic rings. The lowest BCUT2D eigenvalue weighted by Crippen LogP contribution is -2.34. The van der Waals surface area contributed by atoms with Crippen molar-refractivity contribution in [3.63, 3.8) is 0 Å². The standard InChI is InChI=1S/C12H17NO4S/c1-12(2,13)6-8-4-9-10(17-7-16-9)5-11(8)18(3,14)15/h4-5H,6-7,13H2,1-3H3. The highest BCUT2D eigenvalue weighted by Crippen LogP contribution is 2.37. The number of rotatable bonds is 3. The molecule has 1 aliphatic heterocycles. The number of hydrogen-bond donors (Lipinski definition) is 1. The van der Waals surface area contributed by atoms with Gasteiger partial charge in [0.05, 0.1) is 4.90 Å². The Morgan fingerprint density at radius 2 is 1.83 bits per heavy atom. The van der Waals surface area contributed by atoms with Crippen LogP contribution in [-0.4, -0.2) is 27.0 Å². The van der Waals surface area contributed by atoms with Crippen molar-refractivity contribution >= 4 is 9.84 Å². The molecule has 0 aliphatic carbocycles. The molecule has 5 nitrogen and oxygen atoms in total. The van der Waals surface area contributed by atoms with Gasteiger partial charge in [0, 0.05) is 17.9 Å². The van der Waals surface area contributed by atoms with Crippen LogP contribution in [0.2, 0.25) is 0 Å². The van der Waals surface area contributed by atoms with Crippen molar-refractivity contribution < 1.29 is 17.9 Å². The molecular formula is C12H17NO4S. The first-order chi connectivity index (χ1) is 8.17. The molecule has 1 aromatic carbocycles. The molecule has 0 unspecified atom stereocenters. The Hall–Kier alpha value is -1.27. The van der Waals surface area contributed by atoms with E-state index in [1.165, 1.54) is 12.3 Å². The molecule has 100 valence electrons. The number of nitrogens with two attached hydrogens (primary N) is 1. The van der Waals surface area contributed by atoms with E-state index in [0.717, 1.165) is 0 Å². The van der Waals surface area contributed by atoms with Crippen LogP contribution in [0.5, 0.6) is 11.5 Å². The molecule has 6 heteroatoms. The van der Waals surface area contributed by atoms with Gasteiger partial charge in [-0.05, 0) is 31.9 Å². The molecule has 0 radical (unpaired) electrons. The smallest absolute Gasteiger partial charge is 0.231 e. The second-order valence-electron chi connectivity index (χ2n) is 5.25. The SMILES string of the molecule is CC(C)(N)Cc1cc2c(cc1S(C)(=O)=O)OCO2. The van der Waals surface area contributed by atoms with Gasteiger partial charge in [0.25, 0.3) is 0 Å². The Morgan fingerprint density at radius 3 is 2.33 bits per heavy atom. The van der Waals surface area contributed by atoms with Gasteiger partial charge in [-0.1, -0.05) is 0 Å². The molecule has 0 atom stereocenters. The minimum atomic E-state index is -3.32. The topological polar surface area (TPSA) is 78.6 Å². The molecule has 2 N–H and O–H groups in total. The fourth-order valence-electron chi connectivity index (χ4n) is 1.94. The average Bonchev–Trinajstić information content (AvgIpc) is 2.58. The first-order valence-corrected chi connectivity index (χ1v) is 7.47. The van der Waals surface area contributed by atoms with E-state index in [1.54, 1.807) is 6.07 Å². The van der Waals surface area contributed by atoms with Gasteiger partial charge in [-0.25, -0.2) is 8.42 Å². The second kappa shape index (κ2) is 4.13. The van der Waals surface area contributed by atoms with E-state index in [0.29, 0.717) is 23.5 Å². The van der Waals surface area contributed by atoms with Crippen LogP contribution < -0.4 is 15.2 Å². The summed E-state index contributed by atoms with van der Waals surface area (Å²) < 4.78 is 34.1. The zero-order valence-corrected chi connectivity index (χ0v) is 11.5. The van der Waals surface area contributed by atoms with Gasteiger partial charge in [-0.15, -0.1) is 0 Å². The van der Waals surface area contributed by atoms with Crippen LogP contribution >= 0.6 is 0 Å². The van der Waals surface area contributed by atoms with Gasteiger partial charge in [0.15, 0.2) is 21.3 Å². The van der Waals surface area contributed by atoms with Gasteiger partial charge in [-0.2, -0.15) is 0 Å². The Balaban J connectivity index is 2.56. The second-order valence-corrected chi connectivity index (χ2v) is 7.23. The summed E-state index contributed by atoms with van der Waals surface area (Å²) in [6.07, 6.45) is 1.63. The van der Waals surface area contributed by atoms with E-state index in [2.05, 4.69) is 0 Å². The fraction of sp³-hybridized carbons (Fsp3) is 0.500. The summed E-state index contributed by atoms with van der Waals surface area (Å²) >= 11 is 0. The van der Waals surface area contributed by atoms with Crippen LogP contribution in [0.1, 0.15) is 19.4 Å². The molecule has 1 heterocycles. The van der Waals surface area contributed by atoms with Crippen LogP contribution in [0.25, 0.3) is 0 Å². The normalized spacial score (nSPS) is 14.9. The molecule has 0 saturated carbocycles. The number of benzene rings is 1. The first kappa shape index (κ1) is 13.2. The lowest BCUT2D eigenvalue weighted by atomic mass is 9.96. The Kier molecular flexibility index (Phi) is 3.03. The van der Waals surface area contributed by atoms with Gasteiger partial charge in [0.1, 0.15) is 0 Å². The number of sulfone groups is 1. The maximum atomic E-state index is 11.8. The minimum absolute atomic E-state index is 0.119. The molecule has 0 saturated heterocycles. The van der Waals surface area contributed by atoms with Crippen LogP contribution in [0, 0.1) is 0 Å². The van der Waals surface area contributed by atoms with Crippen LogP contribution in [0.15, 0.2) is 17.0 Å². The highest BCUT2D eigenvalue weighted by molar-refractivity contribution is 7.90. The van der Waals surface area contributed by atoms with E-state index < -0.39 is 15.4 Å². The van der Waals surface area contributed by atoms with E-state index in [9.17, 15) is 8.42 Å². The molecule has 0 fully saturated rings. The summed E-state index contributed by atoms with van der Waals surface area (Å²) in [6, 6.07) is 3.21. The third kappa shape index (κ3) is 2.76. The third-order valence-corrected chi connectivity index (χ3v) is 3.78. The summed E-state index contributed by atoms with van der Waals surface area (Å²) in [5.41, 5.74) is 6.13.